The van der Waals surface area contributed by atoms with Crippen LogP contribution in [0.2, 0.25) is 0 Å². The van der Waals surface area contributed by atoms with Crippen LogP contribution in [0.25, 0.3) is 4.91 Å². The summed E-state index contributed by atoms with van der Waals surface area (Å²) in [5.74, 6) is -0.507. The Balaban J connectivity index is 2.06. The lowest BCUT2D eigenvalue weighted by Gasteiger charge is -2.10. The van der Waals surface area contributed by atoms with Crippen molar-refractivity contribution in [2.75, 3.05) is 6.61 Å². The summed E-state index contributed by atoms with van der Waals surface area (Å²) in [6.45, 7) is 2.41. The molecule has 26 heavy (non-hydrogen) atoms. The average molecular weight is 370 g/mol. The number of unbranched alkanes of at least 4 members (excludes halogenated alkanes) is 2. The number of sulfone groups is 1. The Labute approximate surface area is 154 Å². The van der Waals surface area contributed by atoms with Crippen LogP contribution < -0.4 is 0 Å². The first-order valence-corrected chi connectivity index (χ1v) is 10.4. The monoisotopic (exact) mass is 370 g/mol. The fourth-order valence-electron chi connectivity index (χ4n) is 3.13. The highest BCUT2D eigenvalue weighted by Gasteiger charge is 2.49. The molecule has 136 valence electrons. The van der Waals surface area contributed by atoms with Crippen LogP contribution in [0.3, 0.4) is 0 Å². The van der Waals surface area contributed by atoms with E-state index in [1.807, 2.05) is 6.07 Å². The predicted molar refractivity (Wildman–Crippen MR) is 102 cm³/mol. The Kier molecular flexibility index (Phi) is 5.57. The Morgan fingerprint density at radius 1 is 0.923 bits per heavy atom. The molecule has 0 amide bonds. The molecule has 1 heterocycles. The molecule has 1 unspecified atom stereocenters. The largest absolute Gasteiger partial charge is 0.488 e. The molecule has 0 aromatic heterocycles. The Bertz CT molecular complexity index is 900. The van der Waals surface area contributed by atoms with Crippen molar-refractivity contribution in [1.82, 2.24) is 0 Å². The molecule has 0 spiro atoms. The van der Waals surface area contributed by atoms with E-state index < -0.39 is 20.9 Å². The van der Waals surface area contributed by atoms with Crippen molar-refractivity contribution in [3.8, 4) is 0 Å². The topological polar surface area (TPSA) is 60.4 Å². The maximum Gasteiger partial charge on any atom is 0.221 e. The van der Waals surface area contributed by atoms with Crippen LogP contribution in [0.5, 0.6) is 0 Å². The third kappa shape index (κ3) is 3.44. The first-order valence-electron chi connectivity index (χ1n) is 8.83. The number of rotatable bonds is 7. The third-order valence-electron chi connectivity index (χ3n) is 4.40. The van der Waals surface area contributed by atoms with Gasteiger partial charge in [0.05, 0.1) is 6.61 Å². The van der Waals surface area contributed by atoms with Gasteiger partial charge in [0.1, 0.15) is 4.91 Å². The molecule has 0 saturated heterocycles. The Hall–Kier alpha value is -2.40. The number of hydrogen-bond acceptors (Lipinski definition) is 4. The van der Waals surface area contributed by atoms with Gasteiger partial charge in [-0.05, 0) is 17.5 Å². The molecule has 0 bridgehead atoms. The molecule has 4 nitrogen and oxygen atoms in total. The second-order valence-electron chi connectivity index (χ2n) is 6.28. The smallest absolute Gasteiger partial charge is 0.221 e. The number of ketones is 1. The number of carbonyl (C=O) groups excluding carboxylic acids is 1. The van der Waals surface area contributed by atoms with Gasteiger partial charge >= 0.3 is 0 Å². The summed E-state index contributed by atoms with van der Waals surface area (Å²) in [7, 11) is -3.87. The van der Waals surface area contributed by atoms with Crippen LogP contribution in [0.15, 0.2) is 66.4 Å². The van der Waals surface area contributed by atoms with Gasteiger partial charge in [0.15, 0.2) is 20.8 Å². The number of Topliss-reactive ketones (excluding diaryl/α,β-unsaturated/α-hetero) is 1. The molecule has 0 saturated carbocycles. The quantitative estimate of drug-likeness (QED) is 0.682. The van der Waals surface area contributed by atoms with Crippen LogP contribution >= 0.6 is 0 Å². The van der Waals surface area contributed by atoms with Gasteiger partial charge in [0, 0.05) is 0 Å². The molecule has 5 heteroatoms. The third-order valence-corrected chi connectivity index (χ3v) is 6.49. The zero-order chi connectivity index (χ0) is 18.6. The molecule has 2 aromatic carbocycles. The van der Waals surface area contributed by atoms with E-state index in [4.69, 9.17) is 4.74 Å². The zero-order valence-corrected chi connectivity index (χ0v) is 15.5. The van der Waals surface area contributed by atoms with Crippen molar-refractivity contribution in [2.24, 2.45) is 0 Å². The van der Waals surface area contributed by atoms with Gasteiger partial charge in [-0.25, -0.2) is 8.42 Å². The molecule has 1 atom stereocenters. The zero-order valence-electron chi connectivity index (χ0n) is 14.7. The highest BCUT2D eigenvalue weighted by molar-refractivity contribution is 8.02. The summed E-state index contributed by atoms with van der Waals surface area (Å²) in [6.07, 6.45) is 2.77. The number of carbonyl (C=O) groups is 1. The Morgan fingerprint density at radius 2 is 1.54 bits per heavy atom. The first-order chi connectivity index (χ1) is 12.6. The van der Waals surface area contributed by atoms with Crippen LogP contribution in [-0.2, 0) is 19.4 Å². The lowest BCUT2D eigenvalue weighted by Crippen LogP contribution is -2.16. The summed E-state index contributed by atoms with van der Waals surface area (Å²) < 4.78 is 32.2. The molecule has 2 aromatic rings. The van der Waals surface area contributed by atoms with Crippen molar-refractivity contribution in [1.29, 1.82) is 0 Å². The number of hydrogen-bond donors (Lipinski definition) is 0. The van der Waals surface area contributed by atoms with E-state index in [0.717, 1.165) is 19.3 Å². The van der Waals surface area contributed by atoms with Gasteiger partial charge in [-0.15, -0.1) is 0 Å². The number of benzene rings is 2. The van der Waals surface area contributed by atoms with E-state index >= 15 is 0 Å². The molecular formula is C21H22O4S. The maximum atomic E-state index is 13.2. The summed E-state index contributed by atoms with van der Waals surface area (Å²) in [4.78, 5) is 13.0. The highest BCUT2D eigenvalue weighted by Crippen LogP contribution is 2.44. The van der Waals surface area contributed by atoms with E-state index in [9.17, 15) is 13.2 Å². The fraction of sp³-hybridized carbons (Fsp3) is 0.286. The molecule has 3 rings (SSSR count). The minimum absolute atomic E-state index is 0.00783. The van der Waals surface area contributed by atoms with Crippen LogP contribution in [-0.4, -0.2) is 20.8 Å². The highest BCUT2D eigenvalue weighted by atomic mass is 32.2. The van der Waals surface area contributed by atoms with E-state index in [-0.39, 0.29) is 10.7 Å². The second kappa shape index (κ2) is 7.87. The van der Waals surface area contributed by atoms with Crippen molar-refractivity contribution in [3.05, 3.63) is 77.5 Å². The van der Waals surface area contributed by atoms with Gasteiger partial charge in [-0.3, -0.25) is 4.79 Å². The van der Waals surface area contributed by atoms with E-state index in [0.29, 0.717) is 17.7 Å². The molecule has 1 aliphatic rings. The molecule has 0 fully saturated rings. The van der Waals surface area contributed by atoms with Gasteiger partial charge in [-0.2, -0.15) is 0 Å². The van der Waals surface area contributed by atoms with Gasteiger partial charge in [-0.1, -0.05) is 80.4 Å². The van der Waals surface area contributed by atoms with E-state index in [1.165, 1.54) is 0 Å². The summed E-state index contributed by atoms with van der Waals surface area (Å²) >= 11 is 0. The van der Waals surface area contributed by atoms with Crippen molar-refractivity contribution in [2.45, 2.75) is 31.4 Å². The minimum Gasteiger partial charge on any atom is -0.488 e. The summed E-state index contributed by atoms with van der Waals surface area (Å²) in [5.41, 5.74) is 0.961. The van der Waals surface area contributed by atoms with Gasteiger partial charge in [0.2, 0.25) is 5.78 Å². The molecule has 0 aliphatic carbocycles. The minimum atomic E-state index is -3.87. The van der Waals surface area contributed by atoms with E-state index in [1.54, 1.807) is 54.6 Å². The lowest BCUT2D eigenvalue weighted by atomic mass is 10.1. The Morgan fingerprint density at radius 3 is 2.15 bits per heavy atom. The van der Waals surface area contributed by atoms with Crippen LogP contribution in [0, 0.1) is 0 Å². The van der Waals surface area contributed by atoms with Crippen LogP contribution in [0.1, 0.15) is 42.6 Å². The van der Waals surface area contributed by atoms with Crippen LogP contribution in [0.4, 0.5) is 0 Å². The molecule has 0 radical (unpaired) electrons. The van der Waals surface area contributed by atoms with E-state index in [2.05, 4.69) is 6.92 Å². The van der Waals surface area contributed by atoms with Gasteiger partial charge < -0.3 is 4.74 Å². The molecular weight excluding hydrogens is 348 g/mol. The standard InChI is InChI=1S/C21H22O4S/c1-2-3-10-15-25-19-18(22)20(16-11-6-4-7-12-16)26(23,24)21(19)17-13-8-5-9-14-17/h4-9,11-14,20H,2-3,10,15H2,1H3. The fourth-order valence-corrected chi connectivity index (χ4v) is 5.15. The number of ether oxygens (including phenoxy) is 1. The average Bonchev–Trinajstić information content (AvgIpc) is 2.85. The van der Waals surface area contributed by atoms with Crippen molar-refractivity contribution in [3.63, 3.8) is 0 Å². The second-order valence-corrected chi connectivity index (χ2v) is 8.25. The first kappa shape index (κ1) is 18.4. The predicted octanol–water partition coefficient (Wildman–Crippen LogP) is 4.30. The lowest BCUT2D eigenvalue weighted by molar-refractivity contribution is -0.118. The number of allylic oxidation sites excluding steroid dienone is 1. The molecule has 1 aliphatic heterocycles. The maximum absolute atomic E-state index is 13.2. The molecule has 0 N–H and O–H groups in total. The summed E-state index contributed by atoms with van der Waals surface area (Å²) in [6, 6.07) is 17.3. The van der Waals surface area contributed by atoms with Gasteiger partial charge in [0.25, 0.3) is 0 Å². The van der Waals surface area contributed by atoms with Crippen molar-refractivity contribution < 1.29 is 17.9 Å². The SMILES string of the molecule is CCCCCOC1=C(c2ccccc2)S(=O)(=O)C(c2ccccc2)C1=O. The summed E-state index contributed by atoms with van der Waals surface area (Å²) in [5, 5.41) is -1.24. The normalized spacial score (nSPS) is 19.0. The van der Waals surface area contributed by atoms with Crippen molar-refractivity contribution >= 4 is 20.5 Å².